The minimum atomic E-state index is 0.732. The van der Waals surface area contributed by atoms with Gasteiger partial charge in [-0.05, 0) is 6.42 Å². The molecule has 0 atom stereocenters. The minimum Gasteiger partial charge on any atom is -0.482 e. The van der Waals surface area contributed by atoms with Crippen molar-refractivity contribution in [1.29, 1.82) is 0 Å². The molecule has 2 aromatic rings. The van der Waals surface area contributed by atoms with Crippen molar-refractivity contribution in [3.05, 3.63) is 35.8 Å². The van der Waals surface area contributed by atoms with E-state index >= 15 is 0 Å². The van der Waals surface area contributed by atoms with Crippen LogP contribution >= 0.6 is 11.3 Å². The van der Waals surface area contributed by atoms with E-state index in [2.05, 4.69) is 17.4 Å². The molecule has 1 aromatic heterocycles. The lowest BCUT2D eigenvalue weighted by Gasteiger charge is -2.03. The lowest BCUT2D eigenvalue weighted by molar-refractivity contribution is 0.327. The third-order valence-corrected chi connectivity index (χ3v) is 2.65. The number of aromatic nitrogens is 1. The van der Waals surface area contributed by atoms with Gasteiger partial charge in [-0.2, -0.15) is 0 Å². The molecule has 2 rings (SSSR count). The molecule has 1 aromatic carbocycles. The van der Waals surface area contributed by atoms with Gasteiger partial charge in [-0.15, -0.1) is 0 Å². The first kappa shape index (κ1) is 10.2. The van der Waals surface area contributed by atoms with Gasteiger partial charge in [0.2, 0.25) is 5.06 Å². The van der Waals surface area contributed by atoms with Crippen LogP contribution in [-0.2, 0) is 0 Å². The molecule has 0 spiro atoms. The second kappa shape index (κ2) is 4.94. The molecule has 0 aliphatic carbocycles. The Bertz CT molecular complexity index is 411. The quantitative estimate of drug-likeness (QED) is 0.784. The van der Waals surface area contributed by atoms with Crippen molar-refractivity contribution < 1.29 is 4.74 Å². The molecular weight excluding hydrogens is 206 g/mol. The highest BCUT2D eigenvalue weighted by molar-refractivity contribution is 7.11. The molecule has 0 saturated carbocycles. The molecule has 0 fully saturated rings. The molecule has 2 nitrogen and oxygen atoms in total. The highest BCUT2D eigenvalue weighted by Crippen LogP contribution is 2.32. The average Bonchev–Trinajstić information content (AvgIpc) is 2.75. The molecule has 0 aliphatic rings. The Hall–Kier alpha value is -1.35. The molecule has 77 valence electrons. The first-order valence-corrected chi connectivity index (χ1v) is 5.78. The number of nitrogens with zero attached hydrogens (tertiary/aromatic N) is 1. The monoisotopic (exact) mass is 218 g/mol. The van der Waals surface area contributed by atoms with E-state index in [1.165, 1.54) is 11.3 Å². The average molecular weight is 218 g/mol. The van der Waals surface area contributed by atoms with Gasteiger partial charge in [-0.1, -0.05) is 48.6 Å². The van der Waals surface area contributed by atoms with Crippen molar-refractivity contribution in [3.63, 3.8) is 0 Å². The zero-order valence-electron chi connectivity index (χ0n) is 8.56. The molecule has 1 radical (unpaired) electrons. The Morgan fingerprint density at radius 2 is 2.13 bits per heavy atom. The first-order chi connectivity index (χ1) is 7.42. The van der Waals surface area contributed by atoms with Crippen LogP contribution in [0.1, 0.15) is 13.3 Å². The van der Waals surface area contributed by atoms with Crippen molar-refractivity contribution in [2.24, 2.45) is 0 Å². The second-order valence-corrected chi connectivity index (χ2v) is 3.91. The summed E-state index contributed by atoms with van der Waals surface area (Å²) >= 11 is 1.43. The summed E-state index contributed by atoms with van der Waals surface area (Å²) < 4.78 is 5.61. The summed E-state index contributed by atoms with van der Waals surface area (Å²) in [6.07, 6.45) is 1.01. The van der Waals surface area contributed by atoms with Crippen molar-refractivity contribution in [2.75, 3.05) is 6.61 Å². The van der Waals surface area contributed by atoms with E-state index in [1.54, 1.807) is 0 Å². The maximum absolute atomic E-state index is 5.61. The van der Waals surface area contributed by atoms with Crippen molar-refractivity contribution in [2.45, 2.75) is 13.3 Å². The SMILES string of the molecule is CCCOc1s[c]nc1-c1ccccc1. The Morgan fingerprint density at radius 3 is 2.87 bits per heavy atom. The standard InChI is InChI=1S/C12H12NOS/c1-2-8-14-12-11(13-9-15-12)10-6-4-3-5-7-10/h3-7H,2,8H2,1H3. The van der Waals surface area contributed by atoms with E-state index in [4.69, 9.17) is 4.74 Å². The minimum absolute atomic E-state index is 0.732. The fourth-order valence-electron chi connectivity index (χ4n) is 1.27. The number of hydrogen-bond acceptors (Lipinski definition) is 3. The van der Waals surface area contributed by atoms with Crippen LogP contribution in [0.3, 0.4) is 0 Å². The van der Waals surface area contributed by atoms with Crippen LogP contribution in [0.2, 0.25) is 0 Å². The van der Waals surface area contributed by atoms with Crippen LogP contribution in [-0.4, -0.2) is 11.6 Å². The Morgan fingerprint density at radius 1 is 1.33 bits per heavy atom. The third-order valence-electron chi connectivity index (χ3n) is 1.97. The third kappa shape index (κ3) is 2.36. The molecule has 0 aliphatic heterocycles. The van der Waals surface area contributed by atoms with E-state index in [-0.39, 0.29) is 0 Å². The summed E-state index contributed by atoms with van der Waals surface area (Å²) in [5.74, 6) is 0. The van der Waals surface area contributed by atoms with E-state index in [0.717, 1.165) is 29.3 Å². The van der Waals surface area contributed by atoms with Gasteiger partial charge < -0.3 is 4.74 Å². The van der Waals surface area contributed by atoms with Gasteiger partial charge >= 0.3 is 0 Å². The van der Waals surface area contributed by atoms with E-state index < -0.39 is 0 Å². The summed E-state index contributed by atoms with van der Waals surface area (Å²) in [5, 5.41) is 0.864. The second-order valence-electron chi connectivity index (χ2n) is 3.16. The Labute approximate surface area is 93.6 Å². The lowest BCUT2D eigenvalue weighted by Crippen LogP contribution is -1.94. The lowest BCUT2D eigenvalue weighted by atomic mass is 10.2. The summed E-state index contributed by atoms with van der Waals surface area (Å²) in [7, 11) is 0. The molecule has 0 amide bonds. The van der Waals surface area contributed by atoms with Crippen LogP contribution in [0, 0.1) is 5.51 Å². The molecule has 3 heteroatoms. The summed E-state index contributed by atoms with van der Waals surface area (Å²) in [6, 6.07) is 10.0. The number of benzene rings is 1. The topological polar surface area (TPSA) is 22.1 Å². The summed E-state index contributed by atoms with van der Waals surface area (Å²) in [4.78, 5) is 4.21. The fraction of sp³-hybridized carbons (Fsp3) is 0.250. The summed E-state index contributed by atoms with van der Waals surface area (Å²) in [5.41, 5.74) is 4.85. The highest BCUT2D eigenvalue weighted by atomic mass is 32.1. The maximum atomic E-state index is 5.61. The van der Waals surface area contributed by atoms with Gasteiger partial charge in [0.15, 0.2) is 5.51 Å². The van der Waals surface area contributed by atoms with Gasteiger partial charge in [-0.3, -0.25) is 0 Å². The normalized spacial score (nSPS) is 10.2. The molecular formula is C12H12NOS. The van der Waals surface area contributed by atoms with Crippen LogP contribution in [0.15, 0.2) is 30.3 Å². The van der Waals surface area contributed by atoms with Crippen molar-refractivity contribution in [1.82, 2.24) is 4.98 Å². The molecule has 0 unspecified atom stereocenters. The highest BCUT2D eigenvalue weighted by Gasteiger charge is 2.09. The van der Waals surface area contributed by atoms with Crippen LogP contribution in [0.25, 0.3) is 11.3 Å². The summed E-state index contributed by atoms with van der Waals surface area (Å²) in [6.45, 7) is 2.82. The molecule has 1 heterocycles. The molecule has 15 heavy (non-hydrogen) atoms. The van der Waals surface area contributed by atoms with Gasteiger partial charge in [0.05, 0.1) is 6.61 Å². The van der Waals surface area contributed by atoms with Gasteiger partial charge in [0.1, 0.15) is 5.69 Å². The molecule has 0 saturated heterocycles. The largest absolute Gasteiger partial charge is 0.482 e. The van der Waals surface area contributed by atoms with E-state index in [1.807, 2.05) is 30.3 Å². The van der Waals surface area contributed by atoms with Crippen LogP contribution in [0.5, 0.6) is 5.06 Å². The Balaban J connectivity index is 2.25. The van der Waals surface area contributed by atoms with Crippen LogP contribution < -0.4 is 4.74 Å². The predicted molar refractivity (Wildman–Crippen MR) is 62.2 cm³/mol. The number of rotatable bonds is 4. The number of ether oxygens (including phenoxy) is 1. The van der Waals surface area contributed by atoms with Gasteiger partial charge in [0.25, 0.3) is 0 Å². The van der Waals surface area contributed by atoms with Crippen molar-refractivity contribution >= 4 is 11.3 Å². The zero-order chi connectivity index (χ0) is 10.5. The van der Waals surface area contributed by atoms with Gasteiger partial charge in [-0.25, -0.2) is 4.98 Å². The van der Waals surface area contributed by atoms with Crippen molar-refractivity contribution in [3.8, 4) is 16.3 Å². The predicted octanol–water partition coefficient (Wildman–Crippen LogP) is 3.40. The number of thiazole rings is 1. The van der Waals surface area contributed by atoms with E-state index in [0.29, 0.717) is 0 Å². The first-order valence-electron chi connectivity index (χ1n) is 4.97. The molecule has 0 N–H and O–H groups in total. The smallest absolute Gasteiger partial charge is 0.202 e. The molecule has 0 bridgehead atoms. The number of hydrogen-bond donors (Lipinski definition) is 0. The van der Waals surface area contributed by atoms with Gasteiger partial charge in [0, 0.05) is 5.56 Å². The Kier molecular flexibility index (Phi) is 3.35. The van der Waals surface area contributed by atoms with E-state index in [9.17, 15) is 0 Å². The van der Waals surface area contributed by atoms with Crippen LogP contribution in [0.4, 0.5) is 0 Å². The zero-order valence-corrected chi connectivity index (χ0v) is 9.38. The fourth-order valence-corrected chi connectivity index (χ4v) is 1.90. The maximum Gasteiger partial charge on any atom is 0.202 e.